The van der Waals surface area contributed by atoms with Crippen LogP contribution in [0.25, 0.3) is 0 Å². The molecule has 0 spiro atoms. The molecule has 0 aromatic carbocycles. The third-order valence-electron chi connectivity index (χ3n) is 2.99. The minimum Gasteiger partial charge on any atom is -0.481 e. The monoisotopic (exact) mass is 245 g/mol. The van der Waals surface area contributed by atoms with Crippen LogP contribution in [0.4, 0.5) is 0 Å². The number of hydrogen-bond acceptors (Lipinski definition) is 3. The first-order valence-electron chi connectivity index (χ1n) is 5.49. The number of amides is 1. The predicted octanol–water partition coefficient (Wildman–Crippen LogP) is 1.45. The molecule has 0 aromatic rings. The minimum atomic E-state index is -0.858. The smallest absolute Gasteiger partial charge is 0.308 e. The van der Waals surface area contributed by atoms with Gasteiger partial charge in [-0.15, -0.1) is 11.8 Å². The van der Waals surface area contributed by atoms with Crippen LogP contribution in [-0.2, 0) is 9.59 Å². The Kier molecular flexibility index (Phi) is 4.24. The van der Waals surface area contributed by atoms with Gasteiger partial charge in [-0.1, -0.05) is 6.92 Å². The topological polar surface area (TPSA) is 57.6 Å². The summed E-state index contributed by atoms with van der Waals surface area (Å²) in [4.78, 5) is 24.4. The summed E-state index contributed by atoms with van der Waals surface area (Å²) >= 11 is 1.68. The van der Waals surface area contributed by atoms with Gasteiger partial charge in [-0.2, -0.15) is 0 Å². The maximum Gasteiger partial charge on any atom is 0.308 e. The molecule has 1 amide bonds. The van der Waals surface area contributed by atoms with Crippen LogP contribution in [0.3, 0.4) is 0 Å². The summed E-state index contributed by atoms with van der Waals surface area (Å²) in [6.45, 7) is 3.86. The molecule has 2 unspecified atom stereocenters. The molecule has 0 bridgehead atoms. The van der Waals surface area contributed by atoms with Gasteiger partial charge < -0.3 is 10.0 Å². The number of carbonyl (C=O) groups excluding carboxylic acids is 1. The van der Waals surface area contributed by atoms with Crippen LogP contribution in [0, 0.1) is 5.92 Å². The molecule has 1 fully saturated rings. The van der Waals surface area contributed by atoms with Crippen LogP contribution in [0.5, 0.6) is 0 Å². The maximum atomic E-state index is 12.1. The second kappa shape index (κ2) is 5.08. The molecule has 16 heavy (non-hydrogen) atoms. The van der Waals surface area contributed by atoms with Gasteiger partial charge in [-0.25, -0.2) is 0 Å². The zero-order chi connectivity index (χ0) is 12.3. The number of thioether (sulfide) groups is 1. The van der Waals surface area contributed by atoms with Crippen LogP contribution in [0.15, 0.2) is 0 Å². The summed E-state index contributed by atoms with van der Waals surface area (Å²) in [5.41, 5.74) is 0. The minimum absolute atomic E-state index is 0.0584. The summed E-state index contributed by atoms with van der Waals surface area (Å²) in [5, 5.41) is 8.80. The number of carboxylic acids is 1. The normalized spacial score (nSPS) is 26.4. The Morgan fingerprint density at radius 1 is 1.56 bits per heavy atom. The quantitative estimate of drug-likeness (QED) is 0.814. The van der Waals surface area contributed by atoms with Crippen LogP contribution < -0.4 is 0 Å². The highest BCUT2D eigenvalue weighted by Crippen LogP contribution is 2.39. The fourth-order valence-corrected chi connectivity index (χ4v) is 3.23. The van der Waals surface area contributed by atoms with E-state index in [0.29, 0.717) is 0 Å². The Morgan fingerprint density at radius 2 is 2.19 bits per heavy atom. The van der Waals surface area contributed by atoms with Gasteiger partial charge in [0.1, 0.15) is 0 Å². The first kappa shape index (κ1) is 13.4. The van der Waals surface area contributed by atoms with E-state index in [0.717, 1.165) is 18.6 Å². The number of hydrogen-bond donors (Lipinski definition) is 1. The number of rotatable bonds is 4. The van der Waals surface area contributed by atoms with E-state index in [9.17, 15) is 9.59 Å². The molecule has 1 N–H and O–H groups in total. The van der Waals surface area contributed by atoms with Gasteiger partial charge in [0, 0.05) is 13.6 Å². The molecule has 1 heterocycles. The van der Waals surface area contributed by atoms with Crippen LogP contribution in [0.1, 0.15) is 26.7 Å². The summed E-state index contributed by atoms with van der Waals surface area (Å²) in [5.74, 6) is -0.291. The van der Waals surface area contributed by atoms with E-state index in [1.807, 2.05) is 6.92 Å². The van der Waals surface area contributed by atoms with Crippen LogP contribution in [-0.4, -0.2) is 46.0 Å². The SMILES string of the molecule is CC(CN(C)C(=O)C1(C)CCCS1)C(=O)O. The maximum absolute atomic E-state index is 12.1. The van der Waals surface area contributed by atoms with Crippen molar-refractivity contribution in [2.24, 2.45) is 5.92 Å². The third-order valence-corrected chi connectivity index (χ3v) is 4.50. The van der Waals surface area contributed by atoms with Gasteiger partial charge in [0.2, 0.25) is 5.91 Å². The van der Waals surface area contributed by atoms with Gasteiger partial charge in [0.15, 0.2) is 0 Å². The lowest BCUT2D eigenvalue weighted by atomic mass is 10.0. The van der Waals surface area contributed by atoms with E-state index in [2.05, 4.69) is 0 Å². The molecule has 0 aliphatic carbocycles. The Balaban J connectivity index is 2.56. The van der Waals surface area contributed by atoms with Crippen molar-refractivity contribution in [1.82, 2.24) is 4.90 Å². The van der Waals surface area contributed by atoms with Gasteiger partial charge in [0.05, 0.1) is 10.7 Å². The van der Waals surface area contributed by atoms with Crippen molar-refractivity contribution in [2.75, 3.05) is 19.3 Å². The molecule has 0 saturated carbocycles. The van der Waals surface area contributed by atoms with Crippen molar-refractivity contribution >= 4 is 23.6 Å². The molecule has 1 saturated heterocycles. The molecule has 2 atom stereocenters. The van der Waals surface area contributed by atoms with Crippen molar-refractivity contribution in [3.8, 4) is 0 Å². The van der Waals surface area contributed by atoms with Gasteiger partial charge in [0.25, 0.3) is 0 Å². The van der Waals surface area contributed by atoms with E-state index in [1.54, 1.807) is 30.6 Å². The average molecular weight is 245 g/mol. The standard InChI is InChI=1S/C11H19NO3S/c1-8(9(13)14)7-12(3)10(15)11(2)5-4-6-16-11/h8H,4-7H2,1-3H3,(H,13,14). The second-order valence-electron chi connectivity index (χ2n) is 4.61. The number of aliphatic carboxylic acids is 1. The summed E-state index contributed by atoms with van der Waals surface area (Å²) in [6, 6.07) is 0. The van der Waals surface area contributed by atoms with E-state index in [-0.39, 0.29) is 17.2 Å². The molecule has 4 nitrogen and oxygen atoms in total. The zero-order valence-corrected chi connectivity index (χ0v) is 10.8. The highest BCUT2D eigenvalue weighted by atomic mass is 32.2. The largest absolute Gasteiger partial charge is 0.481 e. The fourth-order valence-electron chi connectivity index (χ4n) is 1.92. The van der Waals surface area contributed by atoms with E-state index in [1.165, 1.54) is 0 Å². The van der Waals surface area contributed by atoms with E-state index < -0.39 is 11.9 Å². The lowest BCUT2D eigenvalue weighted by molar-refractivity contribution is -0.143. The Morgan fingerprint density at radius 3 is 2.62 bits per heavy atom. The van der Waals surface area contributed by atoms with Crippen molar-refractivity contribution < 1.29 is 14.7 Å². The highest BCUT2D eigenvalue weighted by molar-refractivity contribution is 8.01. The van der Waals surface area contributed by atoms with Gasteiger partial charge in [-0.3, -0.25) is 9.59 Å². The number of carbonyl (C=O) groups is 2. The summed E-state index contributed by atoms with van der Waals surface area (Å²) in [7, 11) is 1.69. The first-order valence-corrected chi connectivity index (χ1v) is 6.48. The Labute approximate surface area is 100 Å². The first-order chi connectivity index (χ1) is 7.37. The lowest BCUT2D eigenvalue weighted by Crippen LogP contribution is -2.44. The van der Waals surface area contributed by atoms with Gasteiger partial charge >= 0.3 is 5.97 Å². The molecular formula is C11H19NO3S. The fraction of sp³-hybridized carbons (Fsp3) is 0.818. The van der Waals surface area contributed by atoms with Crippen molar-refractivity contribution in [3.05, 3.63) is 0 Å². The van der Waals surface area contributed by atoms with Crippen LogP contribution >= 0.6 is 11.8 Å². The van der Waals surface area contributed by atoms with Crippen molar-refractivity contribution in [1.29, 1.82) is 0 Å². The summed E-state index contributed by atoms with van der Waals surface area (Å²) < 4.78 is -0.340. The van der Waals surface area contributed by atoms with Crippen molar-refractivity contribution in [3.63, 3.8) is 0 Å². The molecule has 5 heteroatoms. The van der Waals surface area contributed by atoms with Crippen LogP contribution in [0.2, 0.25) is 0 Å². The molecule has 1 aliphatic heterocycles. The molecule has 0 aromatic heterocycles. The zero-order valence-electron chi connectivity index (χ0n) is 10.0. The Bertz CT molecular complexity index is 287. The highest BCUT2D eigenvalue weighted by Gasteiger charge is 2.39. The molecular weight excluding hydrogens is 226 g/mol. The predicted molar refractivity (Wildman–Crippen MR) is 64.5 cm³/mol. The average Bonchev–Trinajstić information content (AvgIpc) is 2.64. The van der Waals surface area contributed by atoms with Crippen molar-refractivity contribution in [2.45, 2.75) is 31.4 Å². The van der Waals surface area contributed by atoms with E-state index >= 15 is 0 Å². The Hall–Kier alpha value is -0.710. The molecule has 1 aliphatic rings. The molecule has 92 valence electrons. The van der Waals surface area contributed by atoms with Gasteiger partial charge in [-0.05, 0) is 25.5 Å². The molecule has 1 rings (SSSR count). The third kappa shape index (κ3) is 2.90. The molecule has 0 radical (unpaired) electrons. The number of nitrogens with zero attached hydrogens (tertiary/aromatic N) is 1. The summed E-state index contributed by atoms with van der Waals surface area (Å²) in [6.07, 6.45) is 1.96. The van der Waals surface area contributed by atoms with E-state index in [4.69, 9.17) is 5.11 Å². The second-order valence-corrected chi connectivity index (χ2v) is 6.21. The number of carboxylic acid groups (broad SMARTS) is 1. The lowest BCUT2D eigenvalue weighted by Gasteiger charge is -2.29.